The molecule has 2 aromatic rings. The highest BCUT2D eigenvalue weighted by Gasteiger charge is 2.21. The van der Waals surface area contributed by atoms with Crippen molar-refractivity contribution in [3.63, 3.8) is 0 Å². The molecule has 0 saturated carbocycles. The highest BCUT2D eigenvalue weighted by atomic mass is 79.9. The van der Waals surface area contributed by atoms with Crippen LogP contribution in [0, 0.1) is 0 Å². The number of hydrogen-bond acceptors (Lipinski definition) is 3. The Labute approximate surface area is 114 Å². The maximum Gasteiger partial charge on any atom is 0.113 e. The van der Waals surface area contributed by atoms with Gasteiger partial charge in [0.2, 0.25) is 0 Å². The maximum absolute atomic E-state index is 4.69. The molecule has 0 atom stereocenters. The first-order valence-electron chi connectivity index (χ1n) is 5.44. The van der Waals surface area contributed by atoms with Crippen molar-refractivity contribution in [1.82, 2.24) is 10.3 Å². The fourth-order valence-corrected chi connectivity index (χ4v) is 2.65. The molecule has 0 saturated heterocycles. The van der Waals surface area contributed by atoms with Gasteiger partial charge in [-0.3, -0.25) is 0 Å². The van der Waals surface area contributed by atoms with Gasteiger partial charge < -0.3 is 5.32 Å². The molecule has 0 unspecified atom stereocenters. The first-order valence-corrected chi connectivity index (χ1v) is 7.11. The van der Waals surface area contributed by atoms with Crippen molar-refractivity contribution in [2.45, 2.75) is 19.4 Å². The molecule has 0 aliphatic rings. The smallest absolute Gasteiger partial charge is 0.113 e. The number of thiazole rings is 1. The Morgan fingerprint density at radius 3 is 2.47 bits per heavy atom. The summed E-state index contributed by atoms with van der Waals surface area (Å²) in [6, 6.07) is 8.24. The van der Waals surface area contributed by atoms with E-state index in [0.717, 1.165) is 20.7 Å². The summed E-state index contributed by atoms with van der Waals surface area (Å²) in [5.74, 6) is 0. The number of aromatic nitrogens is 1. The van der Waals surface area contributed by atoms with Crippen LogP contribution in [0.3, 0.4) is 0 Å². The summed E-state index contributed by atoms with van der Waals surface area (Å²) in [4.78, 5) is 4.69. The fourth-order valence-electron chi connectivity index (χ4n) is 1.42. The van der Waals surface area contributed by atoms with Gasteiger partial charge in [-0.05, 0) is 33.0 Å². The molecule has 1 heterocycles. The molecule has 17 heavy (non-hydrogen) atoms. The summed E-state index contributed by atoms with van der Waals surface area (Å²) in [6.45, 7) is 4.27. The van der Waals surface area contributed by atoms with Gasteiger partial charge in [0, 0.05) is 15.4 Å². The normalized spacial score (nSPS) is 11.8. The lowest BCUT2D eigenvalue weighted by Crippen LogP contribution is -2.32. The Balaban J connectivity index is 2.33. The van der Waals surface area contributed by atoms with Crippen molar-refractivity contribution in [2.75, 3.05) is 7.05 Å². The molecule has 1 aromatic heterocycles. The molecular weight excluding hydrogens is 296 g/mol. The van der Waals surface area contributed by atoms with E-state index in [4.69, 9.17) is 4.98 Å². The monoisotopic (exact) mass is 310 g/mol. The molecule has 0 radical (unpaired) electrons. The predicted molar refractivity (Wildman–Crippen MR) is 77.3 cm³/mol. The molecule has 0 bridgehead atoms. The zero-order valence-corrected chi connectivity index (χ0v) is 12.5. The van der Waals surface area contributed by atoms with Gasteiger partial charge in [-0.25, -0.2) is 4.98 Å². The molecule has 90 valence electrons. The Hall–Kier alpha value is -0.710. The van der Waals surface area contributed by atoms with E-state index < -0.39 is 0 Å². The molecule has 0 spiro atoms. The standard InChI is InChI=1S/C13H15BrN2S/c1-13(2,15-3)12-16-11(8-17-12)9-4-6-10(14)7-5-9/h4-8,15H,1-3H3. The predicted octanol–water partition coefficient (Wildman–Crippen LogP) is 4.03. The minimum absolute atomic E-state index is 0.0712. The average molecular weight is 311 g/mol. The van der Waals surface area contributed by atoms with Crippen LogP contribution in [0.25, 0.3) is 11.3 Å². The highest BCUT2D eigenvalue weighted by molar-refractivity contribution is 9.10. The van der Waals surface area contributed by atoms with Crippen LogP contribution < -0.4 is 5.32 Å². The van der Waals surface area contributed by atoms with Crippen molar-refractivity contribution in [1.29, 1.82) is 0 Å². The third kappa shape index (κ3) is 2.76. The highest BCUT2D eigenvalue weighted by Crippen LogP contribution is 2.28. The Kier molecular flexibility index (Phi) is 3.66. The average Bonchev–Trinajstić information content (AvgIpc) is 2.80. The summed E-state index contributed by atoms with van der Waals surface area (Å²) in [7, 11) is 1.96. The summed E-state index contributed by atoms with van der Waals surface area (Å²) < 4.78 is 1.09. The molecule has 2 rings (SSSR count). The van der Waals surface area contributed by atoms with Crippen LogP contribution in [0.15, 0.2) is 34.1 Å². The SMILES string of the molecule is CNC(C)(C)c1nc(-c2ccc(Br)cc2)cs1. The topological polar surface area (TPSA) is 24.9 Å². The van der Waals surface area contributed by atoms with Crippen molar-refractivity contribution >= 4 is 27.3 Å². The van der Waals surface area contributed by atoms with Crippen molar-refractivity contribution in [2.24, 2.45) is 0 Å². The Bertz CT molecular complexity index is 502. The molecule has 1 N–H and O–H groups in total. The quantitative estimate of drug-likeness (QED) is 0.926. The zero-order valence-electron chi connectivity index (χ0n) is 10.1. The van der Waals surface area contributed by atoms with Gasteiger partial charge in [-0.15, -0.1) is 11.3 Å². The molecule has 0 fully saturated rings. The van der Waals surface area contributed by atoms with Gasteiger partial charge in [0.25, 0.3) is 0 Å². The van der Waals surface area contributed by atoms with Crippen LogP contribution >= 0.6 is 27.3 Å². The lowest BCUT2D eigenvalue weighted by atomic mass is 10.1. The third-order valence-electron chi connectivity index (χ3n) is 2.80. The second kappa shape index (κ2) is 4.88. The molecular formula is C13H15BrN2S. The van der Waals surface area contributed by atoms with Crippen LogP contribution in [-0.4, -0.2) is 12.0 Å². The van der Waals surface area contributed by atoms with E-state index in [1.807, 2.05) is 19.2 Å². The van der Waals surface area contributed by atoms with E-state index in [9.17, 15) is 0 Å². The maximum atomic E-state index is 4.69. The number of rotatable bonds is 3. The van der Waals surface area contributed by atoms with Gasteiger partial charge in [0.15, 0.2) is 0 Å². The molecule has 4 heteroatoms. The van der Waals surface area contributed by atoms with E-state index in [1.54, 1.807) is 11.3 Å². The van der Waals surface area contributed by atoms with E-state index >= 15 is 0 Å². The number of nitrogens with one attached hydrogen (secondary N) is 1. The Morgan fingerprint density at radius 2 is 1.88 bits per heavy atom. The van der Waals surface area contributed by atoms with Crippen molar-refractivity contribution in [3.8, 4) is 11.3 Å². The summed E-state index contributed by atoms with van der Waals surface area (Å²) in [5.41, 5.74) is 2.13. The largest absolute Gasteiger partial charge is 0.309 e. The van der Waals surface area contributed by atoms with Gasteiger partial charge >= 0.3 is 0 Å². The van der Waals surface area contributed by atoms with E-state index in [1.165, 1.54) is 0 Å². The molecule has 0 aliphatic carbocycles. The van der Waals surface area contributed by atoms with Gasteiger partial charge in [-0.2, -0.15) is 0 Å². The number of hydrogen-bond donors (Lipinski definition) is 1. The fraction of sp³-hybridized carbons (Fsp3) is 0.308. The second-order valence-corrected chi connectivity index (χ2v) is 6.19. The number of nitrogens with zero attached hydrogens (tertiary/aromatic N) is 1. The van der Waals surface area contributed by atoms with E-state index in [0.29, 0.717) is 0 Å². The minimum Gasteiger partial charge on any atom is -0.309 e. The number of benzene rings is 1. The summed E-state index contributed by atoms with van der Waals surface area (Å²) in [5, 5.41) is 6.49. The zero-order chi connectivity index (χ0) is 12.5. The van der Waals surface area contributed by atoms with Crippen LogP contribution in [-0.2, 0) is 5.54 Å². The van der Waals surface area contributed by atoms with Gasteiger partial charge in [0.05, 0.1) is 11.2 Å². The van der Waals surface area contributed by atoms with Gasteiger partial charge in [0.1, 0.15) is 5.01 Å². The first kappa shape index (κ1) is 12.7. The lowest BCUT2D eigenvalue weighted by molar-refractivity contribution is 0.442. The third-order valence-corrected chi connectivity index (χ3v) is 4.50. The molecule has 0 aliphatic heterocycles. The molecule has 2 nitrogen and oxygen atoms in total. The molecule has 1 aromatic carbocycles. The van der Waals surface area contributed by atoms with Crippen LogP contribution in [0.4, 0.5) is 0 Å². The van der Waals surface area contributed by atoms with E-state index in [2.05, 4.69) is 52.6 Å². The second-order valence-electron chi connectivity index (χ2n) is 4.42. The lowest BCUT2D eigenvalue weighted by Gasteiger charge is -2.20. The first-order chi connectivity index (χ1) is 8.03. The molecule has 0 amide bonds. The van der Waals surface area contributed by atoms with Crippen molar-refractivity contribution < 1.29 is 0 Å². The van der Waals surface area contributed by atoms with Crippen LogP contribution in [0.1, 0.15) is 18.9 Å². The summed E-state index contributed by atoms with van der Waals surface area (Å²) in [6.07, 6.45) is 0. The van der Waals surface area contributed by atoms with E-state index in [-0.39, 0.29) is 5.54 Å². The minimum atomic E-state index is -0.0712. The van der Waals surface area contributed by atoms with Crippen LogP contribution in [0.5, 0.6) is 0 Å². The van der Waals surface area contributed by atoms with Crippen molar-refractivity contribution in [3.05, 3.63) is 39.1 Å². The van der Waals surface area contributed by atoms with Gasteiger partial charge in [-0.1, -0.05) is 28.1 Å². The van der Waals surface area contributed by atoms with Crippen LogP contribution in [0.2, 0.25) is 0 Å². The Morgan fingerprint density at radius 1 is 1.24 bits per heavy atom. The number of halogens is 1. The summed E-state index contributed by atoms with van der Waals surface area (Å²) >= 11 is 5.13.